The lowest BCUT2D eigenvalue weighted by Crippen LogP contribution is -2.10. The van der Waals surface area contributed by atoms with E-state index in [2.05, 4.69) is 4.37 Å². The van der Waals surface area contributed by atoms with Crippen molar-refractivity contribution in [3.05, 3.63) is 16.6 Å². The average Bonchev–Trinajstić information content (AvgIpc) is 2.18. The van der Waals surface area contributed by atoms with Gasteiger partial charge in [0.25, 0.3) is 5.56 Å². The summed E-state index contributed by atoms with van der Waals surface area (Å²) in [6.45, 7) is 2.83. The van der Waals surface area contributed by atoms with Crippen molar-refractivity contribution in [3.8, 4) is 0 Å². The van der Waals surface area contributed by atoms with Gasteiger partial charge in [-0.3, -0.25) is 4.79 Å². The van der Waals surface area contributed by atoms with Gasteiger partial charge in [0, 0.05) is 18.3 Å². The zero-order valence-corrected chi connectivity index (χ0v) is 6.02. The first-order valence-corrected chi connectivity index (χ1v) is 3.59. The molecule has 1 rings (SSSR count). The van der Waals surface area contributed by atoms with Crippen LogP contribution in [-0.4, -0.2) is 8.33 Å². The highest BCUT2D eigenvalue weighted by Gasteiger charge is 1.92. The van der Waals surface area contributed by atoms with Gasteiger partial charge in [0.15, 0.2) is 0 Å². The Morgan fingerprint density at radius 1 is 1.89 bits per heavy atom. The van der Waals surface area contributed by atoms with Crippen molar-refractivity contribution in [3.63, 3.8) is 0 Å². The Bertz CT molecular complexity index is 227. The van der Waals surface area contributed by atoms with E-state index >= 15 is 0 Å². The molecular formula is C5H8N2OS. The van der Waals surface area contributed by atoms with Crippen LogP contribution in [0.15, 0.2) is 11.0 Å². The molecule has 0 saturated heterocycles. The van der Waals surface area contributed by atoms with E-state index in [4.69, 9.17) is 0 Å². The highest BCUT2D eigenvalue weighted by molar-refractivity contribution is 6.99. The topological polar surface area (TPSA) is 34.9 Å². The molecule has 0 aliphatic carbocycles. The quantitative estimate of drug-likeness (QED) is 0.613. The molecule has 0 atom stereocenters. The third-order valence-electron chi connectivity index (χ3n) is 0.981. The van der Waals surface area contributed by atoms with Crippen LogP contribution in [0.25, 0.3) is 0 Å². The third kappa shape index (κ3) is 1.38. The minimum absolute atomic E-state index is 0.0156. The summed E-state index contributed by atoms with van der Waals surface area (Å²) in [6.07, 6.45) is 2.34. The normalized spacial score (nSPS) is 9.89. The van der Waals surface area contributed by atoms with Crippen LogP contribution in [-0.2, 0) is 6.54 Å². The van der Waals surface area contributed by atoms with Gasteiger partial charge >= 0.3 is 0 Å². The van der Waals surface area contributed by atoms with Crippen molar-refractivity contribution < 1.29 is 0 Å². The molecule has 0 aromatic carbocycles. The monoisotopic (exact) mass is 144 g/mol. The van der Waals surface area contributed by atoms with Crippen LogP contribution in [0, 0.1) is 0 Å². The Balaban J connectivity index is 2.81. The van der Waals surface area contributed by atoms with Crippen molar-refractivity contribution >= 4 is 11.7 Å². The second kappa shape index (κ2) is 2.77. The first kappa shape index (κ1) is 6.48. The van der Waals surface area contributed by atoms with Crippen LogP contribution < -0.4 is 5.56 Å². The van der Waals surface area contributed by atoms with Crippen LogP contribution in [0.4, 0.5) is 0 Å². The van der Waals surface area contributed by atoms with E-state index in [9.17, 15) is 4.79 Å². The maximum atomic E-state index is 10.7. The van der Waals surface area contributed by atoms with E-state index in [0.717, 1.165) is 13.0 Å². The molecule has 50 valence electrons. The first-order chi connectivity index (χ1) is 4.34. The van der Waals surface area contributed by atoms with E-state index in [1.54, 1.807) is 3.96 Å². The minimum atomic E-state index is 0.0156. The van der Waals surface area contributed by atoms with Crippen LogP contribution in [0.1, 0.15) is 13.3 Å². The smallest absolute Gasteiger partial charge is 0.267 e. The lowest BCUT2D eigenvalue weighted by atomic mass is 10.5. The Morgan fingerprint density at radius 3 is 3.11 bits per heavy atom. The van der Waals surface area contributed by atoms with Crippen LogP contribution in [0.5, 0.6) is 0 Å². The van der Waals surface area contributed by atoms with Gasteiger partial charge < -0.3 is 0 Å². The van der Waals surface area contributed by atoms with Gasteiger partial charge in [-0.25, -0.2) is 3.96 Å². The lowest BCUT2D eigenvalue weighted by Gasteiger charge is -1.90. The zero-order valence-electron chi connectivity index (χ0n) is 5.20. The number of aromatic nitrogens is 2. The molecular weight excluding hydrogens is 136 g/mol. The summed E-state index contributed by atoms with van der Waals surface area (Å²) in [5.41, 5.74) is 0.0156. The minimum Gasteiger partial charge on any atom is -0.267 e. The summed E-state index contributed by atoms with van der Waals surface area (Å²) in [7, 11) is 0. The maximum absolute atomic E-state index is 10.7. The first-order valence-electron chi connectivity index (χ1n) is 2.86. The van der Waals surface area contributed by atoms with Crippen LogP contribution in [0.2, 0.25) is 0 Å². The molecule has 1 heterocycles. The molecule has 0 aliphatic rings. The van der Waals surface area contributed by atoms with Crippen molar-refractivity contribution in [2.24, 2.45) is 0 Å². The molecule has 0 amide bonds. The van der Waals surface area contributed by atoms with Crippen molar-refractivity contribution in [1.29, 1.82) is 0 Å². The summed E-state index contributed by atoms with van der Waals surface area (Å²) in [5, 5.41) is 0. The fraction of sp³-hybridized carbons (Fsp3) is 0.600. The van der Waals surface area contributed by atoms with Gasteiger partial charge in [-0.05, 0) is 6.42 Å². The lowest BCUT2D eigenvalue weighted by molar-refractivity contribution is 0.714. The molecule has 1 aromatic rings. The Labute approximate surface area is 57.3 Å². The molecule has 4 heteroatoms. The van der Waals surface area contributed by atoms with Gasteiger partial charge in [-0.2, -0.15) is 4.37 Å². The number of rotatable bonds is 2. The molecule has 0 radical (unpaired) electrons. The van der Waals surface area contributed by atoms with E-state index < -0.39 is 0 Å². The number of hydrogen-bond donors (Lipinski definition) is 0. The second-order valence-corrected chi connectivity index (χ2v) is 2.57. The van der Waals surface area contributed by atoms with Gasteiger partial charge in [-0.15, -0.1) is 0 Å². The average molecular weight is 144 g/mol. The molecule has 1 aromatic heterocycles. The van der Waals surface area contributed by atoms with E-state index in [1.165, 1.54) is 17.9 Å². The molecule has 3 nitrogen and oxygen atoms in total. The fourth-order valence-electron chi connectivity index (χ4n) is 0.584. The molecule has 0 aliphatic heterocycles. The Hall–Kier alpha value is -0.640. The summed E-state index contributed by atoms with van der Waals surface area (Å²) >= 11 is 1.23. The fourth-order valence-corrected chi connectivity index (χ4v) is 1.23. The third-order valence-corrected chi connectivity index (χ3v) is 1.74. The summed E-state index contributed by atoms with van der Waals surface area (Å²) in [4.78, 5) is 10.7. The maximum Gasteiger partial charge on any atom is 0.280 e. The Kier molecular flexibility index (Phi) is 2.00. The van der Waals surface area contributed by atoms with Crippen molar-refractivity contribution in [1.82, 2.24) is 8.33 Å². The second-order valence-electron chi connectivity index (χ2n) is 1.76. The number of hydrogen-bond acceptors (Lipinski definition) is 3. The highest BCUT2D eigenvalue weighted by Crippen LogP contribution is 1.88. The van der Waals surface area contributed by atoms with E-state index in [0.29, 0.717) is 0 Å². The summed E-state index contributed by atoms with van der Waals surface area (Å²) in [6, 6.07) is 0. The van der Waals surface area contributed by atoms with Crippen molar-refractivity contribution in [2.45, 2.75) is 19.9 Å². The molecule has 0 saturated carbocycles. The summed E-state index contributed by atoms with van der Waals surface area (Å²) < 4.78 is 5.37. The predicted molar refractivity (Wildman–Crippen MR) is 36.7 cm³/mol. The largest absolute Gasteiger partial charge is 0.280 e. The molecule has 0 fully saturated rings. The zero-order chi connectivity index (χ0) is 6.69. The van der Waals surface area contributed by atoms with Gasteiger partial charge in [-0.1, -0.05) is 6.92 Å². The number of aryl methyl sites for hydroxylation is 1. The molecule has 9 heavy (non-hydrogen) atoms. The van der Waals surface area contributed by atoms with E-state index in [1.807, 2.05) is 6.92 Å². The van der Waals surface area contributed by atoms with Crippen molar-refractivity contribution in [2.75, 3.05) is 0 Å². The van der Waals surface area contributed by atoms with Gasteiger partial charge in [0.1, 0.15) is 6.20 Å². The standard InChI is InChI=1S/C5H8N2OS/c1-2-3-7-5(8)4-6-9-7/h4H,2-3H2,1H3. The predicted octanol–water partition coefficient (Wildman–Crippen LogP) is 0.715. The molecule has 0 spiro atoms. The molecule has 0 unspecified atom stereocenters. The van der Waals surface area contributed by atoms with Gasteiger partial charge in [0.2, 0.25) is 0 Å². The Morgan fingerprint density at radius 2 is 2.67 bits per heavy atom. The number of nitrogens with zero attached hydrogens (tertiary/aromatic N) is 2. The van der Waals surface area contributed by atoms with Gasteiger partial charge in [0.05, 0.1) is 0 Å². The van der Waals surface area contributed by atoms with Crippen LogP contribution >= 0.6 is 11.7 Å². The molecule has 0 bridgehead atoms. The SMILES string of the molecule is CCCn1sncc1=O. The molecule has 0 N–H and O–H groups in total. The van der Waals surface area contributed by atoms with E-state index in [-0.39, 0.29) is 5.56 Å². The van der Waals surface area contributed by atoms with Crippen LogP contribution in [0.3, 0.4) is 0 Å². The highest BCUT2D eigenvalue weighted by atomic mass is 32.1. The summed E-state index contributed by atoms with van der Waals surface area (Å²) in [5.74, 6) is 0.